The molecule has 0 amide bonds. The molecule has 0 saturated carbocycles. The Balaban J connectivity index is 3.63. The zero-order chi connectivity index (χ0) is 35.0. The lowest BCUT2D eigenvalue weighted by Gasteiger charge is -2.12. The molecule has 1 atom stereocenters. The predicted molar refractivity (Wildman–Crippen MR) is 205 cm³/mol. The van der Waals surface area contributed by atoms with Crippen molar-refractivity contribution in [2.24, 2.45) is 0 Å². The van der Waals surface area contributed by atoms with Crippen LogP contribution in [0.25, 0.3) is 0 Å². The molecule has 0 aliphatic carbocycles. The van der Waals surface area contributed by atoms with E-state index < -0.39 is 6.10 Å². The molecule has 0 radical (unpaired) electrons. The lowest BCUT2D eigenvalue weighted by atomic mass is 10.1. The van der Waals surface area contributed by atoms with E-state index in [1.807, 2.05) is 0 Å². The van der Waals surface area contributed by atoms with Crippen molar-refractivity contribution in [1.82, 2.24) is 0 Å². The van der Waals surface area contributed by atoms with Crippen LogP contribution in [-0.4, -0.2) is 36.4 Å². The van der Waals surface area contributed by atoms with Gasteiger partial charge in [-0.25, -0.2) is 0 Å². The number of carbonyl (C=O) groups is 2. The van der Waals surface area contributed by atoms with Crippen LogP contribution in [0.2, 0.25) is 0 Å². The number of esters is 2. The van der Waals surface area contributed by atoms with Crippen LogP contribution >= 0.6 is 0 Å². The molecule has 0 unspecified atom stereocenters. The first-order valence-electron chi connectivity index (χ1n) is 18.8. The third-order valence-corrected chi connectivity index (χ3v) is 7.30. The van der Waals surface area contributed by atoms with Gasteiger partial charge in [0, 0.05) is 12.8 Å². The molecule has 0 fully saturated rings. The van der Waals surface area contributed by atoms with Gasteiger partial charge in [0.2, 0.25) is 0 Å². The summed E-state index contributed by atoms with van der Waals surface area (Å²) < 4.78 is 10.3. The van der Waals surface area contributed by atoms with Crippen molar-refractivity contribution in [3.8, 4) is 0 Å². The van der Waals surface area contributed by atoms with Gasteiger partial charge < -0.3 is 14.6 Å². The standard InChI is InChI=1S/C43H68O5/c1-3-5-7-9-11-13-15-17-19-21-23-25-27-29-31-33-35-37-42(45)47-39-41(44)40-48-43(46)38-36-34-32-30-28-26-24-22-20-18-16-14-12-10-8-6-4-2/h5,7,11-14,17-20,23-26,30,32,41,44H,3-4,6,8-10,15-16,21-22,27-29,31,33-40H2,1-2H3/b7-5-,13-11-,14-12-,19-17-,20-18-,25-23-,26-24-,32-30-/t41-/m0/s1. The fourth-order valence-corrected chi connectivity index (χ4v) is 4.48. The first-order chi connectivity index (χ1) is 23.6. The molecule has 0 rings (SSSR count). The number of allylic oxidation sites excluding steroid dienone is 16. The topological polar surface area (TPSA) is 72.8 Å². The summed E-state index contributed by atoms with van der Waals surface area (Å²) in [5, 5.41) is 9.99. The zero-order valence-corrected chi connectivity index (χ0v) is 30.5. The minimum Gasteiger partial charge on any atom is -0.463 e. The van der Waals surface area contributed by atoms with E-state index in [4.69, 9.17) is 9.47 Å². The molecule has 48 heavy (non-hydrogen) atoms. The van der Waals surface area contributed by atoms with Crippen LogP contribution in [0.4, 0.5) is 0 Å². The van der Waals surface area contributed by atoms with Gasteiger partial charge in [0.25, 0.3) is 0 Å². The number of aliphatic hydroxyl groups is 1. The van der Waals surface area contributed by atoms with Gasteiger partial charge in [-0.3, -0.25) is 9.59 Å². The highest BCUT2D eigenvalue weighted by Crippen LogP contribution is 2.08. The molecule has 0 aromatic rings. The van der Waals surface area contributed by atoms with Crippen LogP contribution in [0.1, 0.15) is 142 Å². The monoisotopic (exact) mass is 665 g/mol. The Kier molecular flexibility index (Phi) is 35.7. The van der Waals surface area contributed by atoms with Crippen molar-refractivity contribution in [1.29, 1.82) is 0 Å². The second kappa shape index (κ2) is 38.3. The van der Waals surface area contributed by atoms with Gasteiger partial charge in [0.15, 0.2) is 0 Å². The van der Waals surface area contributed by atoms with Gasteiger partial charge in [-0.15, -0.1) is 0 Å². The molecular formula is C43H68O5. The van der Waals surface area contributed by atoms with E-state index in [1.165, 1.54) is 25.7 Å². The minimum atomic E-state index is -1.00. The Morgan fingerprint density at radius 3 is 1.25 bits per heavy atom. The summed E-state index contributed by atoms with van der Waals surface area (Å²) in [6, 6.07) is 0. The van der Waals surface area contributed by atoms with E-state index in [1.54, 1.807) is 0 Å². The fraction of sp³-hybridized carbons (Fsp3) is 0.581. The zero-order valence-electron chi connectivity index (χ0n) is 30.5. The first kappa shape index (κ1) is 44.8. The maximum atomic E-state index is 11.9. The number of aliphatic hydroxyl groups excluding tert-OH is 1. The molecule has 0 spiro atoms. The summed E-state index contributed by atoms with van der Waals surface area (Å²) in [7, 11) is 0. The molecular weight excluding hydrogens is 596 g/mol. The average Bonchev–Trinajstić information content (AvgIpc) is 3.09. The molecule has 0 aliphatic heterocycles. The predicted octanol–water partition coefficient (Wildman–Crippen LogP) is 11.7. The van der Waals surface area contributed by atoms with Crippen LogP contribution in [-0.2, 0) is 19.1 Å². The average molecular weight is 665 g/mol. The van der Waals surface area contributed by atoms with Gasteiger partial charge in [0.1, 0.15) is 19.3 Å². The van der Waals surface area contributed by atoms with E-state index >= 15 is 0 Å². The van der Waals surface area contributed by atoms with Crippen LogP contribution < -0.4 is 0 Å². The largest absolute Gasteiger partial charge is 0.463 e. The molecule has 0 heterocycles. The lowest BCUT2D eigenvalue weighted by Crippen LogP contribution is -2.25. The van der Waals surface area contributed by atoms with E-state index in [-0.39, 0.29) is 25.2 Å². The fourth-order valence-electron chi connectivity index (χ4n) is 4.48. The summed E-state index contributed by atoms with van der Waals surface area (Å²) >= 11 is 0. The maximum absolute atomic E-state index is 11.9. The Labute approximate surface area is 294 Å². The molecule has 270 valence electrons. The van der Waals surface area contributed by atoms with Gasteiger partial charge in [-0.1, -0.05) is 137 Å². The van der Waals surface area contributed by atoms with Crippen LogP contribution in [0.5, 0.6) is 0 Å². The SMILES string of the molecule is CC/C=C\C/C=C\C/C=C\C/C=C\CCCCCCC(=O)OC[C@H](O)COC(=O)CCC/C=C\C/C=C\C/C=C\C/C=C\CCCCC. The lowest BCUT2D eigenvalue weighted by molar-refractivity contribution is -0.152. The Bertz CT molecular complexity index is 979. The number of unbranched alkanes of at least 4 members (excludes halogenated alkanes) is 8. The Morgan fingerprint density at radius 2 is 0.812 bits per heavy atom. The molecule has 5 nitrogen and oxygen atoms in total. The highest BCUT2D eigenvalue weighted by atomic mass is 16.6. The van der Waals surface area contributed by atoms with E-state index in [2.05, 4.69) is 111 Å². The second-order valence-corrected chi connectivity index (χ2v) is 12.0. The summed E-state index contributed by atoms with van der Waals surface area (Å²) in [5.74, 6) is -0.667. The van der Waals surface area contributed by atoms with Crippen LogP contribution in [0.3, 0.4) is 0 Å². The van der Waals surface area contributed by atoms with Crippen molar-refractivity contribution < 1.29 is 24.2 Å². The second-order valence-electron chi connectivity index (χ2n) is 12.0. The Morgan fingerprint density at radius 1 is 0.458 bits per heavy atom. The number of rotatable bonds is 32. The summed E-state index contributed by atoms with van der Waals surface area (Å²) in [6.45, 7) is 4.06. The van der Waals surface area contributed by atoms with E-state index in [0.717, 1.165) is 83.5 Å². The third kappa shape index (κ3) is 37.3. The molecule has 0 aromatic carbocycles. The van der Waals surface area contributed by atoms with Crippen molar-refractivity contribution >= 4 is 11.9 Å². The summed E-state index contributed by atoms with van der Waals surface area (Å²) in [6.07, 6.45) is 53.1. The first-order valence-corrected chi connectivity index (χ1v) is 18.8. The van der Waals surface area contributed by atoms with Gasteiger partial charge in [0.05, 0.1) is 0 Å². The molecule has 0 bridgehead atoms. The number of hydrogen-bond donors (Lipinski definition) is 1. The summed E-state index contributed by atoms with van der Waals surface area (Å²) in [5.41, 5.74) is 0. The molecule has 1 N–H and O–H groups in total. The van der Waals surface area contributed by atoms with Crippen molar-refractivity contribution in [2.75, 3.05) is 13.2 Å². The number of hydrogen-bond acceptors (Lipinski definition) is 5. The number of carbonyl (C=O) groups excluding carboxylic acids is 2. The highest BCUT2D eigenvalue weighted by molar-refractivity contribution is 5.69. The van der Waals surface area contributed by atoms with E-state index in [9.17, 15) is 14.7 Å². The smallest absolute Gasteiger partial charge is 0.305 e. The quantitative estimate of drug-likeness (QED) is 0.0440. The van der Waals surface area contributed by atoms with Crippen molar-refractivity contribution in [3.63, 3.8) is 0 Å². The van der Waals surface area contributed by atoms with E-state index in [0.29, 0.717) is 19.3 Å². The third-order valence-electron chi connectivity index (χ3n) is 7.30. The van der Waals surface area contributed by atoms with Crippen LogP contribution in [0, 0.1) is 0 Å². The van der Waals surface area contributed by atoms with Gasteiger partial charge in [-0.05, 0) is 89.9 Å². The highest BCUT2D eigenvalue weighted by Gasteiger charge is 2.11. The van der Waals surface area contributed by atoms with Gasteiger partial charge in [-0.2, -0.15) is 0 Å². The summed E-state index contributed by atoms with van der Waals surface area (Å²) in [4.78, 5) is 23.9. The van der Waals surface area contributed by atoms with Crippen LogP contribution in [0.15, 0.2) is 97.2 Å². The minimum absolute atomic E-state index is 0.153. The Hall–Kier alpha value is -3.18. The normalized spacial score (nSPS) is 13.3. The molecule has 0 saturated heterocycles. The molecule has 0 aromatic heterocycles. The van der Waals surface area contributed by atoms with Crippen molar-refractivity contribution in [2.45, 2.75) is 148 Å². The van der Waals surface area contributed by atoms with Crippen molar-refractivity contribution in [3.05, 3.63) is 97.2 Å². The molecule has 5 heteroatoms. The number of ether oxygens (including phenoxy) is 2. The maximum Gasteiger partial charge on any atom is 0.305 e. The molecule has 0 aliphatic rings. The van der Waals surface area contributed by atoms with Gasteiger partial charge >= 0.3 is 11.9 Å².